The van der Waals surface area contributed by atoms with Crippen LogP contribution in [0.4, 0.5) is 0 Å². The lowest BCUT2D eigenvalue weighted by atomic mass is 9.87. The lowest BCUT2D eigenvalue weighted by Crippen LogP contribution is -2.48. The zero-order valence-corrected chi connectivity index (χ0v) is 18.4. The van der Waals surface area contributed by atoms with Gasteiger partial charge in [-0.25, -0.2) is 0 Å². The molecule has 0 heterocycles. The normalized spacial score (nSPS) is 12.2. The molecule has 0 aromatic heterocycles. The van der Waals surface area contributed by atoms with Gasteiger partial charge in [-0.2, -0.15) is 0 Å². The number of hydrogen-bond acceptors (Lipinski definition) is 3. The summed E-state index contributed by atoms with van der Waals surface area (Å²) in [6.45, 7) is 8.16. The highest BCUT2D eigenvalue weighted by Crippen LogP contribution is 2.24. The molecule has 29 heavy (non-hydrogen) atoms. The second-order valence-corrected chi connectivity index (χ2v) is 8.37. The number of carbonyl (C=O) groups excluding carboxylic acids is 2. The van der Waals surface area contributed by atoms with E-state index < -0.39 is 6.04 Å². The van der Waals surface area contributed by atoms with Gasteiger partial charge in [0.25, 0.3) is 5.91 Å². The molecule has 2 aromatic rings. The van der Waals surface area contributed by atoms with Crippen molar-refractivity contribution in [2.75, 3.05) is 13.7 Å². The monoisotopic (exact) mass is 416 g/mol. The lowest BCUT2D eigenvalue weighted by Gasteiger charge is -2.28. The predicted molar refractivity (Wildman–Crippen MR) is 116 cm³/mol. The van der Waals surface area contributed by atoms with Gasteiger partial charge in [-0.3, -0.25) is 9.59 Å². The minimum atomic E-state index is -0.657. The quantitative estimate of drug-likeness (QED) is 0.736. The third-order valence-electron chi connectivity index (χ3n) is 4.79. The fourth-order valence-electron chi connectivity index (χ4n) is 2.88. The minimum absolute atomic E-state index is 0.0447. The topological polar surface area (TPSA) is 58.6 Å². The van der Waals surface area contributed by atoms with E-state index in [1.54, 1.807) is 20.0 Å². The van der Waals surface area contributed by atoms with Crippen LogP contribution in [0.25, 0.3) is 0 Å². The molecule has 0 bridgehead atoms. The molecule has 0 aliphatic carbocycles. The summed E-state index contributed by atoms with van der Waals surface area (Å²) in [6.07, 6.45) is 0. The average Bonchev–Trinajstić information content (AvgIpc) is 2.70. The van der Waals surface area contributed by atoms with Gasteiger partial charge in [0.05, 0.1) is 0 Å². The molecule has 0 saturated carbocycles. The number of carbonyl (C=O) groups is 2. The number of halogens is 1. The molecular weight excluding hydrogens is 388 g/mol. The van der Waals surface area contributed by atoms with Crippen LogP contribution in [0.15, 0.2) is 48.5 Å². The molecule has 6 heteroatoms. The highest BCUT2D eigenvalue weighted by atomic mass is 35.5. The van der Waals surface area contributed by atoms with Gasteiger partial charge in [-0.15, -0.1) is 0 Å². The largest absolute Gasteiger partial charge is 0.484 e. The Labute approximate surface area is 178 Å². The molecule has 0 unspecified atom stereocenters. The number of rotatable bonds is 7. The van der Waals surface area contributed by atoms with E-state index in [-0.39, 0.29) is 30.4 Å². The van der Waals surface area contributed by atoms with E-state index in [0.29, 0.717) is 10.8 Å². The Morgan fingerprint density at radius 3 is 2.28 bits per heavy atom. The van der Waals surface area contributed by atoms with Crippen molar-refractivity contribution in [1.82, 2.24) is 10.2 Å². The summed E-state index contributed by atoms with van der Waals surface area (Å²) in [4.78, 5) is 26.5. The summed E-state index contributed by atoms with van der Waals surface area (Å²) < 4.78 is 5.69. The first-order valence-corrected chi connectivity index (χ1v) is 9.99. The van der Waals surface area contributed by atoms with Gasteiger partial charge < -0.3 is 15.0 Å². The maximum absolute atomic E-state index is 12.9. The molecule has 0 aliphatic heterocycles. The third-order valence-corrected chi connectivity index (χ3v) is 5.16. The molecule has 0 fully saturated rings. The molecule has 1 N–H and O–H groups in total. The Balaban J connectivity index is 2.12. The lowest BCUT2D eigenvalue weighted by molar-refractivity contribution is -0.142. The van der Waals surface area contributed by atoms with Gasteiger partial charge in [0.15, 0.2) is 6.61 Å². The molecule has 0 saturated heterocycles. The van der Waals surface area contributed by atoms with Gasteiger partial charge in [-0.1, -0.05) is 62.7 Å². The Morgan fingerprint density at radius 2 is 1.72 bits per heavy atom. The fourth-order valence-corrected chi connectivity index (χ4v) is 3.08. The molecule has 0 spiro atoms. The first kappa shape index (κ1) is 22.8. The van der Waals surface area contributed by atoms with E-state index in [2.05, 4.69) is 26.1 Å². The molecule has 0 aliphatic rings. The minimum Gasteiger partial charge on any atom is -0.484 e. The van der Waals surface area contributed by atoms with Crippen molar-refractivity contribution in [3.05, 3.63) is 64.7 Å². The Kier molecular flexibility index (Phi) is 7.68. The van der Waals surface area contributed by atoms with Crippen LogP contribution < -0.4 is 10.1 Å². The van der Waals surface area contributed by atoms with Gasteiger partial charge in [0.2, 0.25) is 5.91 Å². The van der Waals surface area contributed by atoms with Crippen LogP contribution in [0.2, 0.25) is 5.02 Å². The summed E-state index contributed by atoms with van der Waals surface area (Å²) in [5.41, 5.74) is 2.00. The van der Waals surface area contributed by atoms with Crippen LogP contribution in [0.1, 0.15) is 38.8 Å². The second kappa shape index (κ2) is 9.79. The smallest absolute Gasteiger partial charge is 0.261 e. The fraction of sp³-hybridized carbons (Fsp3) is 0.391. The van der Waals surface area contributed by atoms with Crippen molar-refractivity contribution >= 4 is 23.4 Å². The highest BCUT2D eigenvalue weighted by Gasteiger charge is 2.26. The molecule has 2 aromatic carbocycles. The second-order valence-electron chi connectivity index (χ2n) is 7.97. The van der Waals surface area contributed by atoms with Crippen molar-refractivity contribution in [2.45, 2.75) is 45.7 Å². The maximum Gasteiger partial charge on any atom is 0.261 e. The van der Waals surface area contributed by atoms with Crippen LogP contribution in [0.3, 0.4) is 0 Å². The first-order chi connectivity index (χ1) is 13.6. The van der Waals surface area contributed by atoms with Crippen LogP contribution in [0, 0.1) is 0 Å². The molecule has 2 rings (SSSR count). The molecule has 1 atom stereocenters. The summed E-state index contributed by atoms with van der Waals surface area (Å²) in [5, 5.41) is 3.14. The number of nitrogens with zero attached hydrogens (tertiary/aromatic N) is 1. The highest BCUT2D eigenvalue weighted by molar-refractivity contribution is 6.31. The zero-order chi connectivity index (χ0) is 21.6. The number of likely N-dealkylation sites (N-methyl/N-ethyl adjacent to an activating group) is 1. The Bertz CT molecular complexity index is 844. The zero-order valence-electron chi connectivity index (χ0n) is 17.7. The Morgan fingerprint density at radius 1 is 1.10 bits per heavy atom. The predicted octanol–water partition coefficient (Wildman–Crippen LogP) is 4.18. The number of ether oxygens (including phenoxy) is 1. The Hall–Kier alpha value is -2.53. The van der Waals surface area contributed by atoms with E-state index in [1.165, 1.54) is 10.5 Å². The summed E-state index contributed by atoms with van der Waals surface area (Å²) >= 11 is 6.25. The third kappa shape index (κ3) is 6.23. The van der Waals surface area contributed by atoms with E-state index in [9.17, 15) is 9.59 Å². The van der Waals surface area contributed by atoms with Crippen LogP contribution in [-0.4, -0.2) is 36.4 Å². The van der Waals surface area contributed by atoms with Gasteiger partial charge in [-0.05, 0) is 41.7 Å². The summed E-state index contributed by atoms with van der Waals surface area (Å²) in [6, 6.07) is 14.3. The van der Waals surface area contributed by atoms with Crippen molar-refractivity contribution < 1.29 is 14.3 Å². The van der Waals surface area contributed by atoms with Gasteiger partial charge in [0.1, 0.15) is 11.8 Å². The SMILES string of the molecule is CNC(=O)[C@H](C)N(Cc1ccccc1Cl)C(=O)COc1ccc(C(C)(C)C)cc1. The van der Waals surface area contributed by atoms with Crippen LogP contribution in [-0.2, 0) is 21.5 Å². The van der Waals surface area contributed by atoms with Crippen molar-refractivity contribution in [1.29, 1.82) is 0 Å². The van der Waals surface area contributed by atoms with Crippen molar-refractivity contribution in [3.8, 4) is 5.75 Å². The molecule has 156 valence electrons. The number of nitrogens with one attached hydrogen (secondary N) is 1. The number of amides is 2. The van der Waals surface area contributed by atoms with Crippen LogP contribution in [0.5, 0.6) is 5.75 Å². The van der Waals surface area contributed by atoms with Gasteiger partial charge >= 0.3 is 0 Å². The average molecular weight is 417 g/mol. The van der Waals surface area contributed by atoms with Crippen molar-refractivity contribution in [3.63, 3.8) is 0 Å². The number of benzene rings is 2. The van der Waals surface area contributed by atoms with E-state index in [4.69, 9.17) is 16.3 Å². The summed E-state index contributed by atoms with van der Waals surface area (Å²) in [5.74, 6) is 0.0671. The summed E-state index contributed by atoms with van der Waals surface area (Å²) in [7, 11) is 1.55. The van der Waals surface area contributed by atoms with Crippen LogP contribution >= 0.6 is 11.6 Å². The molecular formula is C23H29ClN2O3. The van der Waals surface area contributed by atoms with Gasteiger partial charge in [0, 0.05) is 18.6 Å². The van der Waals surface area contributed by atoms with Crippen molar-refractivity contribution in [2.24, 2.45) is 0 Å². The molecule has 0 radical (unpaired) electrons. The molecule has 2 amide bonds. The maximum atomic E-state index is 12.9. The molecule has 5 nitrogen and oxygen atoms in total. The number of hydrogen-bond donors (Lipinski definition) is 1. The first-order valence-electron chi connectivity index (χ1n) is 9.61. The van der Waals surface area contributed by atoms with E-state index >= 15 is 0 Å². The van der Waals surface area contributed by atoms with E-state index in [1.807, 2.05) is 42.5 Å². The van der Waals surface area contributed by atoms with E-state index in [0.717, 1.165) is 5.56 Å². The standard InChI is InChI=1S/C23H29ClN2O3/c1-16(22(28)25-5)26(14-17-8-6-7-9-20(17)24)21(27)15-29-19-12-10-18(11-13-19)23(2,3)4/h6-13,16H,14-15H2,1-5H3,(H,25,28)/t16-/m0/s1.